The van der Waals surface area contributed by atoms with Crippen LogP contribution < -0.4 is 14.8 Å². The summed E-state index contributed by atoms with van der Waals surface area (Å²) in [4.78, 5) is 17.0. The van der Waals surface area contributed by atoms with Gasteiger partial charge < -0.3 is 14.8 Å². The van der Waals surface area contributed by atoms with E-state index in [9.17, 15) is 4.79 Å². The van der Waals surface area contributed by atoms with Crippen LogP contribution in [-0.2, 0) is 0 Å². The van der Waals surface area contributed by atoms with Crippen LogP contribution in [-0.4, -0.2) is 25.3 Å². The Hall–Kier alpha value is -2.73. The molecule has 0 radical (unpaired) electrons. The number of amidine groups is 1. The minimum absolute atomic E-state index is 0.150. The maximum Gasteiger partial charge on any atom is 0.289 e. The molecule has 1 aliphatic heterocycles. The summed E-state index contributed by atoms with van der Waals surface area (Å²) < 4.78 is 10.6. The number of carbonyl (C=O) groups excluding carboxylic acids is 1. The molecule has 0 atom stereocenters. The van der Waals surface area contributed by atoms with E-state index in [1.807, 2.05) is 48.5 Å². The van der Waals surface area contributed by atoms with Gasteiger partial charge in [-0.3, -0.25) is 4.79 Å². The van der Waals surface area contributed by atoms with Crippen LogP contribution >= 0.6 is 11.8 Å². The van der Waals surface area contributed by atoms with E-state index in [4.69, 9.17) is 9.47 Å². The second-order valence-electron chi connectivity index (χ2n) is 4.93. The predicted octanol–water partition coefficient (Wildman–Crippen LogP) is 4.23. The number of rotatable bonds is 4. The number of amides is 1. The Kier molecular flexibility index (Phi) is 4.86. The Labute approximate surface area is 144 Å². The maximum absolute atomic E-state index is 11.8. The van der Waals surface area contributed by atoms with Crippen LogP contribution in [0.2, 0.25) is 0 Å². The van der Waals surface area contributed by atoms with Crippen LogP contribution in [0.4, 0.5) is 10.5 Å². The number of thioether (sulfide) groups is 1. The average molecular weight is 340 g/mol. The van der Waals surface area contributed by atoms with Gasteiger partial charge in [-0.1, -0.05) is 18.2 Å². The molecular formula is C18H16N2O3S. The van der Waals surface area contributed by atoms with Gasteiger partial charge in [0, 0.05) is 11.6 Å². The number of nitrogens with zero attached hydrogens (tertiary/aromatic N) is 1. The molecule has 5 nitrogen and oxygen atoms in total. The van der Waals surface area contributed by atoms with Gasteiger partial charge in [-0.05, 0) is 42.1 Å². The van der Waals surface area contributed by atoms with Crippen LogP contribution in [0.5, 0.6) is 11.5 Å². The van der Waals surface area contributed by atoms with Crippen molar-refractivity contribution >= 4 is 34.6 Å². The molecule has 1 aliphatic rings. The molecule has 0 unspecified atom stereocenters. The molecule has 6 heteroatoms. The van der Waals surface area contributed by atoms with Crippen LogP contribution in [0.1, 0.15) is 5.56 Å². The molecular weight excluding hydrogens is 324 g/mol. The lowest BCUT2D eigenvalue weighted by atomic mass is 10.1. The Morgan fingerprint density at radius 3 is 2.58 bits per heavy atom. The fourth-order valence-corrected chi connectivity index (χ4v) is 2.95. The van der Waals surface area contributed by atoms with E-state index in [-0.39, 0.29) is 5.24 Å². The topological polar surface area (TPSA) is 59.9 Å². The zero-order valence-electron chi connectivity index (χ0n) is 13.3. The summed E-state index contributed by atoms with van der Waals surface area (Å²) in [6.45, 7) is 0. The predicted molar refractivity (Wildman–Crippen MR) is 97.2 cm³/mol. The second kappa shape index (κ2) is 7.23. The van der Waals surface area contributed by atoms with Crippen molar-refractivity contribution in [3.05, 3.63) is 59.0 Å². The van der Waals surface area contributed by atoms with Crippen LogP contribution in [0.15, 0.2) is 58.4 Å². The van der Waals surface area contributed by atoms with E-state index in [0.717, 1.165) is 27.9 Å². The van der Waals surface area contributed by atoms with Crippen LogP contribution in [0, 0.1) is 0 Å². The largest absolute Gasteiger partial charge is 0.497 e. The van der Waals surface area contributed by atoms with Gasteiger partial charge in [-0.15, -0.1) is 0 Å². The van der Waals surface area contributed by atoms with Gasteiger partial charge in [0.1, 0.15) is 17.3 Å². The Morgan fingerprint density at radius 2 is 1.88 bits per heavy atom. The summed E-state index contributed by atoms with van der Waals surface area (Å²) in [5, 5.41) is 2.62. The van der Waals surface area contributed by atoms with E-state index < -0.39 is 0 Å². The van der Waals surface area contributed by atoms with Crippen molar-refractivity contribution in [3.63, 3.8) is 0 Å². The summed E-state index contributed by atoms with van der Waals surface area (Å²) in [7, 11) is 3.20. The third-order valence-electron chi connectivity index (χ3n) is 3.38. The van der Waals surface area contributed by atoms with E-state index in [1.165, 1.54) is 0 Å². The van der Waals surface area contributed by atoms with Crippen molar-refractivity contribution in [2.24, 2.45) is 4.99 Å². The fraction of sp³-hybridized carbons (Fsp3) is 0.111. The highest BCUT2D eigenvalue weighted by molar-refractivity contribution is 8.18. The van der Waals surface area contributed by atoms with Gasteiger partial charge in [0.15, 0.2) is 0 Å². The number of methoxy groups -OCH3 is 2. The minimum atomic E-state index is -0.150. The van der Waals surface area contributed by atoms with Gasteiger partial charge in [0.2, 0.25) is 0 Å². The number of benzene rings is 2. The van der Waals surface area contributed by atoms with Gasteiger partial charge in [-0.25, -0.2) is 4.99 Å². The third-order valence-corrected chi connectivity index (χ3v) is 4.20. The first-order valence-electron chi connectivity index (χ1n) is 7.26. The molecule has 0 bridgehead atoms. The molecule has 0 aromatic heterocycles. The normalized spacial score (nSPS) is 17.2. The number of hydrogen-bond acceptors (Lipinski definition) is 5. The third kappa shape index (κ3) is 3.60. The van der Waals surface area contributed by atoms with Crippen molar-refractivity contribution in [1.29, 1.82) is 0 Å². The molecule has 3 rings (SSSR count). The van der Waals surface area contributed by atoms with Crippen molar-refractivity contribution in [2.75, 3.05) is 14.2 Å². The highest BCUT2D eigenvalue weighted by atomic mass is 32.2. The molecule has 1 heterocycles. The molecule has 0 saturated carbocycles. The highest BCUT2D eigenvalue weighted by Gasteiger charge is 2.24. The van der Waals surface area contributed by atoms with Crippen molar-refractivity contribution in [3.8, 4) is 11.5 Å². The molecule has 2 aromatic carbocycles. The number of para-hydroxylation sites is 1. The number of hydrogen-bond donors (Lipinski definition) is 1. The molecule has 1 saturated heterocycles. The van der Waals surface area contributed by atoms with Crippen molar-refractivity contribution < 1.29 is 14.3 Å². The van der Waals surface area contributed by atoms with Crippen LogP contribution in [0.3, 0.4) is 0 Å². The van der Waals surface area contributed by atoms with Crippen LogP contribution in [0.25, 0.3) is 6.08 Å². The van der Waals surface area contributed by atoms with E-state index in [0.29, 0.717) is 17.3 Å². The van der Waals surface area contributed by atoms with E-state index >= 15 is 0 Å². The summed E-state index contributed by atoms with van der Waals surface area (Å²) in [6, 6.07) is 15.0. The zero-order valence-corrected chi connectivity index (χ0v) is 14.1. The Balaban J connectivity index is 1.99. The molecule has 0 aliphatic carbocycles. The molecule has 122 valence electrons. The minimum Gasteiger partial charge on any atom is -0.497 e. The van der Waals surface area contributed by atoms with E-state index in [1.54, 1.807) is 20.3 Å². The molecule has 1 fully saturated rings. The smallest absolute Gasteiger partial charge is 0.289 e. The van der Waals surface area contributed by atoms with Gasteiger partial charge in [0.25, 0.3) is 5.24 Å². The first kappa shape index (κ1) is 16.1. The Morgan fingerprint density at radius 1 is 1.08 bits per heavy atom. The summed E-state index contributed by atoms with van der Waals surface area (Å²) in [6.07, 6.45) is 1.88. The summed E-state index contributed by atoms with van der Waals surface area (Å²) in [5.41, 5.74) is 1.63. The van der Waals surface area contributed by atoms with Gasteiger partial charge in [-0.2, -0.15) is 0 Å². The van der Waals surface area contributed by atoms with Gasteiger partial charge in [0.05, 0.1) is 24.8 Å². The SMILES string of the molecule is COc1ccc(/C=C2/SC(=O)NC2=Nc2ccccc2)c(OC)c1. The lowest BCUT2D eigenvalue weighted by Crippen LogP contribution is -2.18. The molecule has 2 aromatic rings. The number of ether oxygens (including phenoxy) is 2. The van der Waals surface area contributed by atoms with Gasteiger partial charge >= 0.3 is 0 Å². The molecule has 1 amide bonds. The first-order valence-corrected chi connectivity index (χ1v) is 8.08. The number of carbonyl (C=O) groups is 1. The average Bonchev–Trinajstić information content (AvgIpc) is 2.95. The lowest BCUT2D eigenvalue weighted by molar-refractivity contribution is 0.265. The Bertz CT molecular complexity index is 816. The fourth-order valence-electron chi connectivity index (χ4n) is 2.22. The van der Waals surface area contributed by atoms with Crippen molar-refractivity contribution in [1.82, 2.24) is 5.32 Å². The number of nitrogens with one attached hydrogen (secondary N) is 1. The summed E-state index contributed by atoms with van der Waals surface area (Å²) >= 11 is 1.11. The molecule has 1 N–H and O–H groups in total. The maximum atomic E-state index is 11.8. The second-order valence-corrected chi connectivity index (χ2v) is 5.94. The zero-order chi connectivity index (χ0) is 16.9. The first-order chi connectivity index (χ1) is 11.7. The molecule has 24 heavy (non-hydrogen) atoms. The standard InChI is InChI=1S/C18H16N2O3S/c1-22-14-9-8-12(15(11-14)23-2)10-16-17(20-18(21)24-16)19-13-6-4-3-5-7-13/h3-11H,1-2H3,(H,19,20,21)/b16-10+. The number of aliphatic imine (C=N–C) groups is 1. The summed E-state index contributed by atoms with van der Waals surface area (Å²) in [5.74, 6) is 1.91. The highest BCUT2D eigenvalue weighted by Crippen LogP contribution is 2.32. The quantitative estimate of drug-likeness (QED) is 0.905. The van der Waals surface area contributed by atoms with Crippen molar-refractivity contribution in [2.45, 2.75) is 0 Å². The molecule has 0 spiro atoms. The lowest BCUT2D eigenvalue weighted by Gasteiger charge is -2.08. The monoisotopic (exact) mass is 340 g/mol. The van der Waals surface area contributed by atoms with E-state index in [2.05, 4.69) is 10.3 Å².